The molecule has 126 valence electrons. The number of carbonyl (C=O) groups excluding carboxylic acids is 1. The lowest BCUT2D eigenvalue weighted by Crippen LogP contribution is -2.28. The highest BCUT2D eigenvalue weighted by molar-refractivity contribution is 9.10. The highest BCUT2D eigenvalue weighted by Crippen LogP contribution is 2.23. The molecule has 0 saturated heterocycles. The van der Waals surface area contributed by atoms with E-state index in [1.165, 1.54) is 12.1 Å². The van der Waals surface area contributed by atoms with Gasteiger partial charge in [-0.25, -0.2) is 4.39 Å². The number of amides is 1. The summed E-state index contributed by atoms with van der Waals surface area (Å²) in [7, 11) is 0. The summed E-state index contributed by atoms with van der Waals surface area (Å²) in [5.74, 6) is -0.951. The van der Waals surface area contributed by atoms with Crippen molar-refractivity contribution >= 4 is 33.2 Å². The van der Waals surface area contributed by atoms with Crippen LogP contribution in [-0.2, 0) is 16.2 Å². The smallest absolute Gasteiger partial charge is 0.268 e. The van der Waals surface area contributed by atoms with Gasteiger partial charge in [0.05, 0.1) is 17.1 Å². The molecule has 1 amide bonds. The molecule has 0 spiro atoms. The van der Waals surface area contributed by atoms with Gasteiger partial charge in [0.2, 0.25) is 6.10 Å². The molecule has 3 rings (SSSR count). The lowest BCUT2D eigenvalue weighted by Gasteiger charge is -2.10. The van der Waals surface area contributed by atoms with E-state index in [1.54, 1.807) is 10.7 Å². The van der Waals surface area contributed by atoms with Gasteiger partial charge in [-0.05, 0) is 32.0 Å². The predicted molar refractivity (Wildman–Crippen MR) is 91.4 cm³/mol. The van der Waals surface area contributed by atoms with E-state index in [0.717, 1.165) is 17.8 Å². The second-order valence-electron chi connectivity index (χ2n) is 5.43. The zero-order valence-corrected chi connectivity index (χ0v) is 14.8. The minimum atomic E-state index is -0.785. The molecule has 1 aromatic heterocycles. The van der Waals surface area contributed by atoms with Crippen LogP contribution in [0, 0.1) is 12.7 Å². The molecule has 1 aromatic carbocycles. The van der Waals surface area contributed by atoms with Crippen LogP contribution in [0.3, 0.4) is 0 Å². The van der Waals surface area contributed by atoms with Crippen LogP contribution >= 0.6 is 15.9 Å². The minimum Gasteiger partial charge on any atom is -0.382 e. The molecule has 0 bridgehead atoms. The number of carbonyl (C=O) groups is 1. The normalized spacial score (nSPS) is 16.7. The molecule has 0 radical (unpaired) electrons. The largest absolute Gasteiger partial charge is 0.382 e. The van der Waals surface area contributed by atoms with E-state index in [1.807, 2.05) is 20.0 Å². The van der Waals surface area contributed by atoms with Crippen LogP contribution in [0.5, 0.6) is 0 Å². The van der Waals surface area contributed by atoms with Crippen molar-refractivity contribution in [1.29, 1.82) is 0 Å². The average Bonchev–Trinajstić information content (AvgIpc) is 3.16. The van der Waals surface area contributed by atoms with Gasteiger partial charge in [-0.1, -0.05) is 21.1 Å². The van der Waals surface area contributed by atoms with E-state index in [9.17, 15) is 9.18 Å². The van der Waals surface area contributed by atoms with Crippen LogP contribution in [-0.4, -0.2) is 27.5 Å². The van der Waals surface area contributed by atoms with Gasteiger partial charge in [-0.15, -0.1) is 0 Å². The fourth-order valence-electron chi connectivity index (χ4n) is 2.44. The molecule has 24 heavy (non-hydrogen) atoms. The van der Waals surface area contributed by atoms with Crippen molar-refractivity contribution in [3.05, 3.63) is 45.9 Å². The van der Waals surface area contributed by atoms with Crippen LogP contribution < -0.4 is 5.32 Å². The maximum atomic E-state index is 13.8. The van der Waals surface area contributed by atoms with E-state index in [0.29, 0.717) is 16.6 Å². The number of nitrogens with one attached hydrogen (secondary N) is 1. The van der Waals surface area contributed by atoms with Crippen LogP contribution in [0.15, 0.2) is 34.0 Å². The molecule has 2 aromatic rings. The molecule has 8 heteroatoms. The predicted octanol–water partition coefficient (Wildman–Crippen LogP) is 3.24. The Morgan fingerprint density at radius 2 is 2.33 bits per heavy atom. The molecular formula is C16H16BrFN4O2. The fourth-order valence-corrected chi connectivity index (χ4v) is 2.78. The van der Waals surface area contributed by atoms with Crippen molar-refractivity contribution in [2.24, 2.45) is 5.16 Å². The van der Waals surface area contributed by atoms with E-state index in [2.05, 4.69) is 31.5 Å². The number of nitrogens with zero attached hydrogens (tertiary/aromatic N) is 3. The molecular weight excluding hydrogens is 379 g/mol. The summed E-state index contributed by atoms with van der Waals surface area (Å²) in [6.45, 7) is 4.63. The lowest BCUT2D eigenvalue weighted by molar-refractivity contribution is -0.125. The molecule has 0 aliphatic carbocycles. The van der Waals surface area contributed by atoms with Crippen LogP contribution in [0.25, 0.3) is 0 Å². The maximum Gasteiger partial charge on any atom is 0.268 e. The Morgan fingerprint density at radius 3 is 3.00 bits per heavy atom. The standard InChI is InChI=1S/C16H16BrFN4O2/c1-3-22-8-11(9(2)20-22)14-7-15(24-21-14)16(23)19-13-5-4-10(17)6-12(13)18/h4-6,8,15H,3,7H2,1-2H3,(H,19,23)/t15-/m0/s1. The summed E-state index contributed by atoms with van der Waals surface area (Å²) in [6, 6.07) is 4.43. The van der Waals surface area contributed by atoms with Crippen LogP contribution in [0.1, 0.15) is 24.6 Å². The Bertz CT molecular complexity index is 818. The first-order chi connectivity index (χ1) is 11.5. The highest BCUT2D eigenvalue weighted by Gasteiger charge is 2.30. The molecule has 1 aliphatic rings. The van der Waals surface area contributed by atoms with Crippen molar-refractivity contribution in [1.82, 2.24) is 9.78 Å². The monoisotopic (exact) mass is 394 g/mol. The van der Waals surface area contributed by atoms with Gasteiger partial charge in [0, 0.05) is 29.2 Å². The fraction of sp³-hybridized carbons (Fsp3) is 0.312. The summed E-state index contributed by atoms with van der Waals surface area (Å²) >= 11 is 3.17. The summed E-state index contributed by atoms with van der Waals surface area (Å²) in [4.78, 5) is 17.5. The van der Waals surface area contributed by atoms with Crippen molar-refractivity contribution in [3.63, 3.8) is 0 Å². The minimum absolute atomic E-state index is 0.107. The topological polar surface area (TPSA) is 68.5 Å². The van der Waals surface area contributed by atoms with Gasteiger partial charge in [-0.2, -0.15) is 5.10 Å². The average molecular weight is 395 g/mol. The third kappa shape index (κ3) is 3.33. The Labute approximate surface area is 146 Å². The third-order valence-corrected chi connectivity index (χ3v) is 4.22. The second-order valence-corrected chi connectivity index (χ2v) is 6.35. The van der Waals surface area contributed by atoms with Gasteiger partial charge in [0.25, 0.3) is 5.91 Å². The van der Waals surface area contributed by atoms with Gasteiger partial charge >= 0.3 is 0 Å². The molecule has 0 fully saturated rings. The number of anilines is 1. The first-order valence-electron chi connectivity index (χ1n) is 7.51. The van der Waals surface area contributed by atoms with Gasteiger partial charge in [0.15, 0.2) is 0 Å². The first-order valence-corrected chi connectivity index (χ1v) is 8.30. The number of oxime groups is 1. The van der Waals surface area contributed by atoms with Crippen molar-refractivity contribution < 1.29 is 14.0 Å². The number of hydrogen-bond donors (Lipinski definition) is 1. The number of halogens is 2. The number of aromatic nitrogens is 2. The maximum absolute atomic E-state index is 13.8. The number of hydrogen-bond acceptors (Lipinski definition) is 4. The molecule has 0 unspecified atom stereocenters. The van der Waals surface area contributed by atoms with E-state index in [4.69, 9.17) is 4.84 Å². The highest BCUT2D eigenvalue weighted by atomic mass is 79.9. The number of rotatable bonds is 4. The zero-order chi connectivity index (χ0) is 17.3. The SMILES string of the molecule is CCn1cc(C2=NO[C@H](C(=O)Nc3ccc(Br)cc3F)C2)c(C)n1. The number of benzene rings is 1. The molecule has 2 heterocycles. The van der Waals surface area contributed by atoms with Crippen molar-refractivity contribution in [3.8, 4) is 0 Å². The quantitative estimate of drug-likeness (QED) is 0.864. The van der Waals surface area contributed by atoms with Crippen molar-refractivity contribution in [2.45, 2.75) is 32.9 Å². The Kier molecular flexibility index (Phi) is 4.66. The van der Waals surface area contributed by atoms with E-state index in [-0.39, 0.29) is 5.69 Å². The van der Waals surface area contributed by atoms with Gasteiger partial charge in [0.1, 0.15) is 5.82 Å². The van der Waals surface area contributed by atoms with E-state index < -0.39 is 17.8 Å². The third-order valence-electron chi connectivity index (χ3n) is 3.73. The summed E-state index contributed by atoms with van der Waals surface area (Å²) in [5, 5.41) is 10.9. The summed E-state index contributed by atoms with van der Waals surface area (Å²) in [6.07, 6.45) is 1.42. The second kappa shape index (κ2) is 6.72. The summed E-state index contributed by atoms with van der Waals surface area (Å²) < 4.78 is 16.2. The molecule has 0 saturated carbocycles. The van der Waals surface area contributed by atoms with E-state index >= 15 is 0 Å². The van der Waals surface area contributed by atoms with Crippen LogP contribution in [0.4, 0.5) is 10.1 Å². The molecule has 1 atom stereocenters. The lowest BCUT2D eigenvalue weighted by atomic mass is 10.1. The molecule has 1 N–H and O–H groups in total. The first kappa shape index (κ1) is 16.6. The van der Waals surface area contributed by atoms with Crippen molar-refractivity contribution in [2.75, 3.05) is 5.32 Å². The van der Waals surface area contributed by atoms with Gasteiger partial charge in [-0.3, -0.25) is 9.48 Å². The van der Waals surface area contributed by atoms with Gasteiger partial charge < -0.3 is 10.2 Å². The Morgan fingerprint density at radius 1 is 1.54 bits per heavy atom. The zero-order valence-electron chi connectivity index (χ0n) is 13.2. The summed E-state index contributed by atoms with van der Waals surface area (Å²) in [5.41, 5.74) is 2.47. The Hall–Kier alpha value is -2.22. The number of aryl methyl sites for hydroxylation is 2. The molecule has 1 aliphatic heterocycles. The Balaban J connectivity index is 1.67. The van der Waals surface area contributed by atoms with Crippen LogP contribution in [0.2, 0.25) is 0 Å². The molecule has 6 nitrogen and oxygen atoms in total.